The minimum atomic E-state index is -2.37. The molecule has 5 heteroatoms. The highest BCUT2D eigenvalue weighted by Crippen LogP contribution is 2.30. The minimum absolute atomic E-state index is 0.00931. The minimum Gasteiger partial charge on any atom is -0.330 e. The largest absolute Gasteiger partial charge is 0.330 e. The first kappa shape index (κ1) is 10.1. The first-order chi connectivity index (χ1) is 5.65. The maximum Gasteiger partial charge on any atom is 0.247 e. The summed E-state index contributed by atoms with van der Waals surface area (Å²) in [5, 5.41) is 1.78. The van der Waals surface area contributed by atoms with Crippen LogP contribution in [0.3, 0.4) is 0 Å². The highest BCUT2D eigenvalue weighted by atomic mass is 79.9. The number of alkyl halides is 2. The molecule has 0 aliphatic carbocycles. The molecule has 12 heavy (non-hydrogen) atoms. The molecule has 1 aromatic heterocycles. The molecule has 0 aliphatic rings. The lowest BCUT2D eigenvalue weighted by molar-refractivity contribution is 0.118. The average Bonchev–Trinajstić information content (AvgIpc) is 2.37. The van der Waals surface area contributed by atoms with E-state index in [-0.39, 0.29) is 6.54 Å². The van der Waals surface area contributed by atoms with Crippen LogP contribution in [0, 0.1) is 0 Å². The molecule has 68 valence electrons. The predicted octanol–water partition coefficient (Wildman–Crippen LogP) is 2.82. The van der Waals surface area contributed by atoms with Crippen LogP contribution in [0.1, 0.15) is 10.8 Å². The summed E-state index contributed by atoms with van der Waals surface area (Å²) in [6.45, 7) is -0.00931. The molecule has 1 aromatic rings. The second kappa shape index (κ2) is 4.30. The summed E-state index contributed by atoms with van der Waals surface area (Å²) in [5.41, 5.74) is 5.23. The Labute approximate surface area is 81.7 Å². The van der Waals surface area contributed by atoms with Crippen LogP contribution >= 0.6 is 27.3 Å². The van der Waals surface area contributed by atoms with Gasteiger partial charge in [-0.05, 0) is 22.0 Å². The number of hydrogen-bond acceptors (Lipinski definition) is 2. The van der Waals surface area contributed by atoms with E-state index in [4.69, 9.17) is 5.73 Å². The molecule has 0 fully saturated rings. The van der Waals surface area contributed by atoms with E-state index >= 15 is 0 Å². The Morgan fingerprint density at radius 3 is 2.58 bits per heavy atom. The number of rotatable bonds is 3. The third kappa shape index (κ3) is 2.24. The molecule has 0 saturated heterocycles. The van der Waals surface area contributed by atoms with Crippen molar-refractivity contribution in [1.82, 2.24) is 0 Å². The molecule has 0 bridgehead atoms. The third-order valence-corrected chi connectivity index (χ3v) is 3.34. The van der Waals surface area contributed by atoms with Gasteiger partial charge in [-0.25, -0.2) is 8.78 Å². The highest BCUT2D eigenvalue weighted by molar-refractivity contribution is 9.10. The van der Waals surface area contributed by atoms with Crippen molar-refractivity contribution in [3.05, 3.63) is 20.8 Å². The van der Waals surface area contributed by atoms with Gasteiger partial charge in [-0.15, -0.1) is 11.3 Å². The molecule has 0 spiro atoms. The Kier molecular flexibility index (Phi) is 3.61. The smallest absolute Gasteiger partial charge is 0.247 e. The van der Waals surface area contributed by atoms with E-state index in [9.17, 15) is 8.78 Å². The van der Waals surface area contributed by atoms with E-state index in [0.29, 0.717) is 4.88 Å². The van der Waals surface area contributed by atoms with Crippen molar-refractivity contribution in [2.75, 3.05) is 6.54 Å². The van der Waals surface area contributed by atoms with Crippen LogP contribution in [0.5, 0.6) is 0 Å². The number of thiophene rings is 1. The maximum absolute atomic E-state index is 12.3. The van der Waals surface area contributed by atoms with Crippen molar-refractivity contribution >= 4 is 27.3 Å². The zero-order valence-electron chi connectivity index (χ0n) is 6.14. The molecule has 0 aliphatic heterocycles. The quantitative estimate of drug-likeness (QED) is 0.884. The molecule has 1 nitrogen and oxygen atoms in total. The number of halogens is 3. The Bertz CT molecular complexity index is 251. The van der Waals surface area contributed by atoms with Crippen LogP contribution in [0.2, 0.25) is 0 Å². The molecule has 1 heterocycles. The van der Waals surface area contributed by atoms with Crippen molar-refractivity contribution in [1.29, 1.82) is 0 Å². The number of nitrogens with two attached hydrogens (primary N) is 1. The standard InChI is InChI=1S/C7H8BrF2NS/c8-4-1-6(12-3-4)5(2-11)7(9)10/h1,3,5,7H,2,11H2. The van der Waals surface area contributed by atoms with Gasteiger partial charge in [-0.3, -0.25) is 0 Å². The van der Waals surface area contributed by atoms with E-state index in [2.05, 4.69) is 15.9 Å². The van der Waals surface area contributed by atoms with Gasteiger partial charge in [0.05, 0.1) is 5.92 Å². The molecular weight excluding hydrogens is 248 g/mol. The molecule has 2 N–H and O–H groups in total. The van der Waals surface area contributed by atoms with Gasteiger partial charge in [0.25, 0.3) is 0 Å². The van der Waals surface area contributed by atoms with E-state index in [1.165, 1.54) is 11.3 Å². The van der Waals surface area contributed by atoms with Crippen LogP contribution < -0.4 is 5.73 Å². The lowest BCUT2D eigenvalue weighted by atomic mass is 10.1. The van der Waals surface area contributed by atoms with Crippen molar-refractivity contribution in [2.45, 2.75) is 12.3 Å². The highest BCUT2D eigenvalue weighted by Gasteiger charge is 2.21. The Balaban J connectivity index is 2.80. The Hall–Kier alpha value is -0.0000000000000000833. The zero-order valence-corrected chi connectivity index (χ0v) is 8.54. The van der Waals surface area contributed by atoms with Crippen molar-refractivity contribution < 1.29 is 8.78 Å². The zero-order chi connectivity index (χ0) is 9.14. The molecular formula is C7H8BrF2NS. The fourth-order valence-corrected chi connectivity index (χ4v) is 2.43. The normalized spacial score (nSPS) is 13.8. The van der Waals surface area contributed by atoms with Gasteiger partial charge in [-0.2, -0.15) is 0 Å². The van der Waals surface area contributed by atoms with E-state index < -0.39 is 12.3 Å². The summed E-state index contributed by atoms with van der Waals surface area (Å²) >= 11 is 4.51. The SMILES string of the molecule is NCC(c1cc(Br)cs1)C(F)F. The van der Waals surface area contributed by atoms with Gasteiger partial charge in [0, 0.05) is 21.3 Å². The molecule has 0 amide bonds. The van der Waals surface area contributed by atoms with Gasteiger partial charge >= 0.3 is 0 Å². The maximum atomic E-state index is 12.3. The lowest BCUT2D eigenvalue weighted by Gasteiger charge is -2.10. The van der Waals surface area contributed by atoms with E-state index in [1.807, 2.05) is 0 Å². The molecule has 1 unspecified atom stereocenters. The number of hydrogen-bond donors (Lipinski definition) is 1. The van der Waals surface area contributed by atoms with Gasteiger partial charge in [0.1, 0.15) is 0 Å². The van der Waals surface area contributed by atoms with Gasteiger partial charge in [0.15, 0.2) is 0 Å². The molecule has 1 atom stereocenters. The third-order valence-electron chi connectivity index (χ3n) is 1.51. The van der Waals surface area contributed by atoms with Crippen molar-refractivity contribution in [3.8, 4) is 0 Å². The van der Waals surface area contributed by atoms with E-state index in [1.54, 1.807) is 11.4 Å². The predicted molar refractivity (Wildman–Crippen MR) is 49.8 cm³/mol. The first-order valence-electron chi connectivity index (χ1n) is 3.37. The molecule has 1 rings (SSSR count). The van der Waals surface area contributed by atoms with Gasteiger partial charge in [0.2, 0.25) is 6.43 Å². The second-order valence-corrected chi connectivity index (χ2v) is 4.20. The molecule has 0 saturated carbocycles. The van der Waals surface area contributed by atoms with E-state index in [0.717, 1.165) is 4.47 Å². The fraction of sp³-hybridized carbons (Fsp3) is 0.429. The van der Waals surface area contributed by atoms with Gasteiger partial charge < -0.3 is 5.73 Å². The van der Waals surface area contributed by atoms with Crippen molar-refractivity contribution in [2.24, 2.45) is 5.73 Å². The van der Waals surface area contributed by atoms with Crippen LogP contribution in [0.4, 0.5) is 8.78 Å². The lowest BCUT2D eigenvalue weighted by Crippen LogP contribution is -2.18. The Morgan fingerprint density at radius 2 is 2.25 bits per heavy atom. The summed E-state index contributed by atoms with van der Waals surface area (Å²) in [5.74, 6) is -0.818. The summed E-state index contributed by atoms with van der Waals surface area (Å²) in [4.78, 5) is 0.638. The van der Waals surface area contributed by atoms with Crippen LogP contribution in [-0.4, -0.2) is 13.0 Å². The first-order valence-corrected chi connectivity index (χ1v) is 5.04. The summed E-state index contributed by atoms with van der Waals surface area (Å²) in [6, 6.07) is 1.69. The topological polar surface area (TPSA) is 26.0 Å². The fourth-order valence-electron chi connectivity index (χ4n) is 0.866. The molecule has 0 radical (unpaired) electrons. The summed E-state index contributed by atoms with van der Waals surface area (Å²) in [7, 11) is 0. The average molecular weight is 256 g/mol. The summed E-state index contributed by atoms with van der Waals surface area (Å²) in [6.07, 6.45) is -2.37. The van der Waals surface area contributed by atoms with Crippen LogP contribution in [-0.2, 0) is 0 Å². The second-order valence-electron chi connectivity index (χ2n) is 2.34. The summed E-state index contributed by atoms with van der Waals surface area (Å²) < 4.78 is 25.4. The Morgan fingerprint density at radius 1 is 1.58 bits per heavy atom. The van der Waals surface area contributed by atoms with Gasteiger partial charge in [-0.1, -0.05) is 0 Å². The van der Waals surface area contributed by atoms with Crippen molar-refractivity contribution in [3.63, 3.8) is 0 Å². The monoisotopic (exact) mass is 255 g/mol. The van der Waals surface area contributed by atoms with Crippen LogP contribution in [0.15, 0.2) is 15.9 Å². The molecule has 0 aromatic carbocycles. The van der Waals surface area contributed by atoms with Crippen LogP contribution in [0.25, 0.3) is 0 Å².